The summed E-state index contributed by atoms with van der Waals surface area (Å²) < 4.78 is 7.74. The van der Waals surface area contributed by atoms with Crippen LogP contribution in [0.1, 0.15) is 24.1 Å². The van der Waals surface area contributed by atoms with Gasteiger partial charge in [-0.05, 0) is 43.5 Å². The van der Waals surface area contributed by atoms with Crippen molar-refractivity contribution >= 4 is 21.8 Å². The Morgan fingerprint density at radius 3 is 2.81 bits per heavy atom. The number of nitrogens with zero attached hydrogens (tertiary/aromatic N) is 2. The Kier molecular flexibility index (Phi) is 5.88. The summed E-state index contributed by atoms with van der Waals surface area (Å²) in [6.45, 7) is 3.55. The lowest BCUT2D eigenvalue weighted by Crippen LogP contribution is -2.46. The summed E-state index contributed by atoms with van der Waals surface area (Å²) >= 11 is 3.53. The summed E-state index contributed by atoms with van der Waals surface area (Å²) in [6, 6.07) is 11.3. The van der Waals surface area contributed by atoms with Gasteiger partial charge in [-0.25, -0.2) is 4.68 Å². The van der Waals surface area contributed by atoms with Crippen molar-refractivity contribution in [2.24, 2.45) is 0 Å². The third kappa shape index (κ3) is 4.40. The number of carbonyl (C=O) groups is 1. The van der Waals surface area contributed by atoms with Gasteiger partial charge < -0.3 is 10.1 Å². The second kappa shape index (κ2) is 8.14. The Bertz CT molecular complexity index is 844. The Hall–Kier alpha value is -1.99. The van der Waals surface area contributed by atoms with Crippen molar-refractivity contribution in [2.75, 3.05) is 19.8 Å². The number of hydrogen-bond donors (Lipinski definition) is 1. The number of aryl methyl sites for hydroxylation is 1. The number of carbonyl (C=O) groups excluding carboxylic acids is 1. The number of aromatic nitrogens is 2. The molecule has 1 aliphatic heterocycles. The first-order valence-corrected chi connectivity index (χ1v) is 9.43. The van der Waals surface area contributed by atoms with Gasteiger partial charge in [-0.1, -0.05) is 28.1 Å². The highest BCUT2D eigenvalue weighted by atomic mass is 79.9. The van der Waals surface area contributed by atoms with Gasteiger partial charge in [-0.15, -0.1) is 0 Å². The van der Waals surface area contributed by atoms with Crippen LogP contribution in [0, 0.1) is 6.92 Å². The maximum Gasteiger partial charge on any atom is 0.267 e. The maximum absolute atomic E-state index is 12.4. The van der Waals surface area contributed by atoms with E-state index in [1.165, 1.54) is 16.3 Å². The number of benzene rings is 1. The van der Waals surface area contributed by atoms with E-state index in [0.29, 0.717) is 25.5 Å². The minimum atomic E-state index is -0.279. The lowest BCUT2D eigenvalue weighted by molar-refractivity contribution is -0.122. The molecule has 0 spiro atoms. The molecule has 1 saturated heterocycles. The third-order valence-electron chi connectivity index (χ3n) is 4.80. The van der Waals surface area contributed by atoms with Crippen molar-refractivity contribution in [3.8, 4) is 0 Å². The number of hydrogen-bond acceptors (Lipinski definition) is 4. The molecule has 0 saturated carbocycles. The van der Waals surface area contributed by atoms with E-state index in [9.17, 15) is 9.59 Å². The zero-order chi connectivity index (χ0) is 18.6. The van der Waals surface area contributed by atoms with Crippen molar-refractivity contribution in [1.82, 2.24) is 15.1 Å². The number of halogens is 1. The van der Waals surface area contributed by atoms with Gasteiger partial charge in [0.25, 0.3) is 5.56 Å². The zero-order valence-electron chi connectivity index (χ0n) is 14.7. The van der Waals surface area contributed by atoms with E-state index in [-0.39, 0.29) is 23.4 Å². The summed E-state index contributed by atoms with van der Waals surface area (Å²) in [7, 11) is 0. The summed E-state index contributed by atoms with van der Waals surface area (Å²) in [5, 5.41) is 7.11. The molecule has 1 aliphatic rings. The lowest BCUT2D eigenvalue weighted by atomic mass is 9.74. The molecular formula is C19H22BrN3O3. The van der Waals surface area contributed by atoms with Crippen molar-refractivity contribution in [3.63, 3.8) is 0 Å². The molecule has 0 aliphatic carbocycles. The molecule has 0 radical (unpaired) electrons. The van der Waals surface area contributed by atoms with Crippen LogP contribution in [0.25, 0.3) is 0 Å². The monoisotopic (exact) mass is 419 g/mol. The Morgan fingerprint density at radius 2 is 2.08 bits per heavy atom. The topological polar surface area (TPSA) is 73.2 Å². The second-order valence-corrected chi connectivity index (χ2v) is 7.57. The average Bonchev–Trinajstić information content (AvgIpc) is 2.64. The number of ether oxygens (including phenoxy) is 1. The van der Waals surface area contributed by atoms with Crippen molar-refractivity contribution in [1.29, 1.82) is 0 Å². The predicted octanol–water partition coefficient (Wildman–Crippen LogP) is 2.18. The van der Waals surface area contributed by atoms with Gasteiger partial charge in [0.1, 0.15) is 6.54 Å². The van der Waals surface area contributed by atoms with E-state index in [1.807, 2.05) is 12.1 Å². The van der Waals surface area contributed by atoms with Gasteiger partial charge in [-0.3, -0.25) is 9.59 Å². The fourth-order valence-corrected chi connectivity index (χ4v) is 3.67. The van der Waals surface area contributed by atoms with Crippen molar-refractivity contribution in [2.45, 2.75) is 31.7 Å². The molecule has 138 valence electrons. The molecule has 1 fully saturated rings. The molecule has 26 heavy (non-hydrogen) atoms. The quantitative estimate of drug-likeness (QED) is 0.805. The van der Waals surface area contributed by atoms with Crippen molar-refractivity contribution in [3.05, 3.63) is 62.5 Å². The van der Waals surface area contributed by atoms with Crippen LogP contribution in [0.4, 0.5) is 0 Å². The van der Waals surface area contributed by atoms with E-state index in [4.69, 9.17) is 4.74 Å². The van der Waals surface area contributed by atoms with Gasteiger partial charge in [-0.2, -0.15) is 5.10 Å². The first kappa shape index (κ1) is 18.8. The zero-order valence-corrected chi connectivity index (χ0v) is 16.3. The predicted molar refractivity (Wildman–Crippen MR) is 102 cm³/mol. The molecule has 2 heterocycles. The van der Waals surface area contributed by atoms with E-state index in [1.54, 1.807) is 13.0 Å². The van der Waals surface area contributed by atoms with Gasteiger partial charge in [0.15, 0.2) is 0 Å². The largest absolute Gasteiger partial charge is 0.381 e. The summed E-state index contributed by atoms with van der Waals surface area (Å²) in [5.74, 6) is -0.217. The Balaban J connectivity index is 1.73. The van der Waals surface area contributed by atoms with E-state index < -0.39 is 0 Å². The first-order valence-electron chi connectivity index (χ1n) is 8.64. The fraction of sp³-hybridized carbons (Fsp3) is 0.421. The smallest absolute Gasteiger partial charge is 0.267 e. The first-order chi connectivity index (χ1) is 12.5. The minimum Gasteiger partial charge on any atom is -0.381 e. The highest BCUT2D eigenvalue weighted by molar-refractivity contribution is 9.10. The number of rotatable bonds is 5. The molecule has 1 amide bonds. The number of amides is 1. The SMILES string of the molecule is Cc1ccc(=O)n(CC(=O)NCC2(c3cccc(Br)c3)CCOCC2)n1. The van der Waals surface area contributed by atoms with E-state index in [0.717, 1.165) is 17.3 Å². The molecule has 7 heteroatoms. The fourth-order valence-electron chi connectivity index (χ4n) is 3.27. The van der Waals surface area contributed by atoms with Crippen LogP contribution in [-0.4, -0.2) is 35.4 Å². The van der Waals surface area contributed by atoms with Crippen LogP contribution in [0.15, 0.2) is 45.7 Å². The molecule has 0 unspecified atom stereocenters. The van der Waals surface area contributed by atoms with Crippen LogP contribution < -0.4 is 10.9 Å². The molecule has 0 atom stereocenters. The third-order valence-corrected chi connectivity index (χ3v) is 5.30. The molecule has 6 nitrogen and oxygen atoms in total. The molecule has 1 aromatic carbocycles. The van der Waals surface area contributed by atoms with Crippen LogP contribution in [0.3, 0.4) is 0 Å². The summed E-state index contributed by atoms with van der Waals surface area (Å²) in [6.07, 6.45) is 1.68. The Labute approximate surface area is 160 Å². The highest BCUT2D eigenvalue weighted by Crippen LogP contribution is 2.35. The van der Waals surface area contributed by atoms with E-state index in [2.05, 4.69) is 38.5 Å². The second-order valence-electron chi connectivity index (χ2n) is 6.65. The van der Waals surface area contributed by atoms with Gasteiger partial charge >= 0.3 is 0 Å². The average molecular weight is 420 g/mol. The van der Waals surface area contributed by atoms with Gasteiger partial charge in [0, 0.05) is 35.7 Å². The minimum absolute atomic E-state index is 0.0778. The number of nitrogens with one attached hydrogen (secondary N) is 1. The maximum atomic E-state index is 12.4. The standard InChI is InChI=1S/C19H22BrN3O3/c1-14-5-6-18(25)23(22-14)12-17(24)21-13-19(7-9-26-10-8-19)15-3-2-4-16(20)11-15/h2-6,11H,7-10,12-13H2,1H3,(H,21,24). The van der Waals surface area contributed by atoms with Crippen LogP contribution in [-0.2, 0) is 21.5 Å². The van der Waals surface area contributed by atoms with Crippen LogP contribution in [0.5, 0.6) is 0 Å². The molecule has 3 rings (SSSR count). The molecule has 0 bridgehead atoms. The van der Waals surface area contributed by atoms with Gasteiger partial charge in [0.2, 0.25) is 5.91 Å². The summed E-state index contributed by atoms with van der Waals surface area (Å²) in [4.78, 5) is 24.2. The van der Waals surface area contributed by atoms with Crippen LogP contribution >= 0.6 is 15.9 Å². The normalized spacial score (nSPS) is 16.2. The molecule has 1 aromatic heterocycles. The molecule has 1 N–H and O–H groups in total. The Morgan fingerprint density at radius 1 is 1.31 bits per heavy atom. The highest BCUT2D eigenvalue weighted by Gasteiger charge is 2.35. The molecule has 2 aromatic rings. The van der Waals surface area contributed by atoms with Crippen LogP contribution in [0.2, 0.25) is 0 Å². The van der Waals surface area contributed by atoms with Gasteiger partial charge in [0.05, 0.1) is 5.69 Å². The lowest BCUT2D eigenvalue weighted by Gasteiger charge is -2.38. The van der Waals surface area contributed by atoms with E-state index >= 15 is 0 Å². The molecular weight excluding hydrogens is 398 g/mol. The summed E-state index contributed by atoms with van der Waals surface area (Å²) in [5.41, 5.74) is 1.44. The van der Waals surface area contributed by atoms with Crippen molar-refractivity contribution < 1.29 is 9.53 Å².